The van der Waals surface area contributed by atoms with E-state index in [0.717, 1.165) is 21.3 Å². The highest BCUT2D eigenvalue weighted by Crippen LogP contribution is 2.23. The minimum Gasteiger partial charge on any atom is -0.299 e. The van der Waals surface area contributed by atoms with Crippen LogP contribution in [0.15, 0.2) is 40.4 Å². The molecule has 0 saturated heterocycles. The van der Waals surface area contributed by atoms with Gasteiger partial charge >= 0.3 is 0 Å². The number of hydrogen-bond acceptors (Lipinski definition) is 3. The molecule has 0 fully saturated rings. The second kappa shape index (κ2) is 6.07. The van der Waals surface area contributed by atoms with Crippen LogP contribution < -0.4 is 0 Å². The van der Waals surface area contributed by atoms with Crippen LogP contribution in [0.3, 0.4) is 0 Å². The number of nitrogens with zero attached hydrogens (tertiary/aromatic N) is 1. The van der Waals surface area contributed by atoms with Crippen LogP contribution in [0.5, 0.6) is 0 Å². The van der Waals surface area contributed by atoms with Crippen molar-refractivity contribution in [1.29, 1.82) is 0 Å². The number of carbonyl (C=O) groups is 1. The first-order chi connectivity index (χ1) is 8.25. The number of ketones is 1. The van der Waals surface area contributed by atoms with Crippen molar-refractivity contribution in [2.75, 3.05) is 0 Å². The molecular weight excluding hydrogens is 298 g/mol. The van der Waals surface area contributed by atoms with E-state index in [2.05, 4.69) is 20.9 Å². The van der Waals surface area contributed by atoms with Crippen LogP contribution >= 0.6 is 27.3 Å². The summed E-state index contributed by atoms with van der Waals surface area (Å²) in [7, 11) is 0. The normalized spacial score (nSPS) is 10.4. The van der Waals surface area contributed by atoms with Crippen molar-refractivity contribution >= 4 is 33.0 Å². The van der Waals surface area contributed by atoms with Crippen molar-refractivity contribution in [3.05, 3.63) is 50.9 Å². The summed E-state index contributed by atoms with van der Waals surface area (Å²) in [6.07, 6.45) is 5.44. The summed E-state index contributed by atoms with van der Waals surface area (Å²) in [6, 6.07) is 5.88. The number of rotatable bonds is 5. The summed E-state index contributed by atoms with van der Waals surface area (Å²) in [4.78, 5) is 16.9. The van der Waals surface area contributed by atoms with Gasteiger partial charge in [-0.2, -0.15) is 0 Å². The predicted octanol–water partition coefficient (Wildman–Crippen LogP) is 3.65. The molecule has 17 heavy (non-hydrogen) atoms. The van der Waals surface area contributed by atoms with Gasteiger partial charge in [0, 0.05) is 34.6 Å². The molecule has 0 bridgehead atoms. The van der Waals surface area contributed by atoms with E-state index in [4.69, 9.17) is 0 Å². The van der Waals surface area contributed by atoms with Crippen molar-refractivity contribution in [2.24, 2.45) is 0 Å². The van der Waals surface area contributed by atoms with Crippen LogP contribution in [0.4, 0.5) is 0 Å². The molecule has 0 unspecified atom stereocenters. The number of aromatic nitrogens is 1. The van der Waals surface area contributed by atoms with E-state index in [-0.39, 0.29) is 5.78 Å². The minimum atomic E-state index is 0.275. The number of aryl methyl sites for hydroxylation is 1. The maximum absolute atomic E-state index is 11.8. The summed E-state index contributed by atoms with van der Waals surface area (Å²) >= 11 is 5.06. The first kappa shape index (κ1) is 12.5. The Morgan fingerprint density at radius 1 is 1.41 bits per heavy atom. The van der Waals surface area contributed by atoms with Gasteiger partial charge in [0.1, 0.15) is 5.78 Å². The molecule has 0 saturated carbocycles. The summed E-state index contributed by atoms with van der Waals surface area (Å²) in [5.41, 5.74) is 1.12. The quantitative estimate of drug-likeness (QED) is 0.844. The molecule has 2 rings (SSSR count). The number of halogens is 1. The van der Waals surface area contributed by atoms with E-state index in [0.29, 0.717) is 12.8 Å². The number of thiophene rings is 1. The fourth-order valence-electron chi connectivity index (χ4n) is 1.55. The molecule has 0 aromatic carbocycles. The van der Waals surface area contributed by atoms with Gasteiger partial charge in [-0.05, 0) is 45.4 Å². The first-order valence-electron chi connectivity index (χ1n) is 5.38. The second-order valence-corrected chi connectivity index (χ2v) is 5.62. The minimum absolute atomic E-state index is 0.275. The van der Waals surface area contributed by atoms with Crippen LogP contribution in [0.2, 0.25) is 0 Å². The lowest BCUT2D eigenvalue weighted by Crippen LogP contribution is -2.03. The zero-order valence-electron chi connectivity index (χ0n) is 9.23. The molecule has 0 radical (unpaired) electrons. The van der Waals surface area contributed by atoms with Crippen LogP contribution in [-0.4, -0.2) is 10.8 Å². The van der Waals surface area contributed by atoms with Crippen LogP contribution in [0.25, 0.3) is 0 Å². The Bertz CT molecular complexity index is 495. The van der Waals surface area contributed by atoms with E-state index >= 15 is 0 Å². The van der Waals surface area contributed by atoms with Gasteiger partial charge in [-0.3, -0.25) is 9.78 Å². The first-order valence-corrected chi connectivity index (χ1v) is 7.05. The Kier molecular flexibility index (Phi) is 4.45. The lowest BCUT2D eigenvalue weighted by molar-refractivity contribution is -0.118. The number of carbonyl (C=O) groups excluding carboxylic acids is 1. The predicted molar refractivity (Wildman–Crippen MR) is 73.3 cm³/mol. The molecule has 88 valence electrons. The van der Waals surface area contributed by atoms with Crippen molar-refractivity contribution in [3.63, 3.8) is 0 Å². The topological polar surface area (TPSA) is 30.0 Å². The number of Topliss-reactive ketones (excluding diaryl/α,β-unsaturated/α-hetero) is 1. The lowest BCUT2D eigenvalue weighted by Gasteiger charge is -2.00. The fourth-order valence-corrected chi connectivity index (χ4v) is 3.07. The molecule has 2 heterocycles. The van der Waals surface area contributed by atoms with Gasteiger partial charge in [0.05, 0.1) is 0 Å². The largest absolute Gasteiger partial charge is 0.299 e. The maximum Gasteiger partial charge on any atom is 0.138 e. The highest BCUT2D eigenvalue weighted by molar-refractivity contribution is 9.10. The molecule has 2 aromatic rings. The van der Waals surface area contributed by atoms with E-state index in [1.807, 2.05) is 29.8 Å². The molecule has 0 aliphatic heterocycles. The Morgan fingerprint density at radius 3 is 2.94 bits per heavy atom. The summed E-state index contributed by atoms with van der Waals surface area (Å²) in [5.74, 6) is 0.275. The molecule has 0 spiro atoms. The summed E-state index contributed by atoms with van der Waals surface area (Å²) in [6.45, 7) is 0. The van der Waals surface area contributed by atoms with Gasteiger partial charge in [-0.25, -0.2) is 0 Å². The molecule has 0 aliphatic rings. The molecule has 0 amide bonds. The Morgan fingerprint density at radius 2 is 2.29 bits per heavy atom. The Balaban J connectivity index is 1.85. The third-order valence-corrected chi connectivity index (χ3v) is 4.39. The SMILES string of the molecule is O=C(CCc1cccnc1)Cc1sccc1Br. The van der Waals surface area contributed by atoms with Crippen molar-refractivity contribution < 1.29 is 4.79 Å². The average Bonchev–Trinajstić information content (AvgIpc) is 2.74. The van der Waals surface area contributed by atoms with Crippen molar-refractivity contribution in [1.82, 2.24) is 4.98 Å². The molecule has 4 heteroatoms. The van der Waals surface area contributed by atoms with Gasteiger partial charge in [-0.1, -0.05) is 6.07 Å². The van der Waals surface area contributed by atoms with Crippen LogP contribution in [-0.2, 0) is 17.6 Å². The van der Waals surface area contributed by atoms with E-state index in [9.17, 15) is 4.79 Å². The summed E-state index contributed by atoms with van der Waals surface area (Å²) in [5, 5.41) is 1.99. The third kappa shape index (κ3) is 3.75. The van der Waals surface area contributed by atoms with Crippen LogP contribution in [0, 0.1) is 0 Å². The smallest absolute Gasteiger partial charge is 0.138 e. The van der Waals surface area contributed by atoms with Gasteiger partial charge in [0.15, 0.2) is 0 Å². The molecule has 2 nitrogen and oxygen atoms in total. The number of pyridine rings is 1. The standard InChI is InChI=1S/C13H12BrNOS/c14-12-5-7-17-13(12)8-11(16)4-3-10-2-1-6-15-9-10/h1-2,5-7,9H,3-4,8H2. The monoisotopic (exact) mass is 309 g/mol. The van der Waals surface area contributed by atoms with Crippen LogP contribution in [0.1, 0.15) is 16.9 Å². The maximum atomic E-state index is 11.8. The van der Waals surface area contributed by atoms with Gasteiger partial charge < -0.3 is 0 Å². The molecule has 0 aliphatic carbocycles. The lowest BCUT2D eigenvalue weighted by atomic mass is 10.1. The molecule has 2 aromatic heterocycles. The Labute approximate surface area is 113 Å². The van der Waals surface area contributed by atoms with E-state index in [1.165, 1.54) is 0 Å². The Hall–Kier alpha value is -1.00. The fraction of sp³-hybridized carbons (Fsp3) is 0.231. The molecule has 0 N–H and O–H groups in total. The highest BCUT2D eigenvalue weighted by Gasteiger charge is 2.08. The second-order valence-electron chi connectivity index (χ2n) is 3.77. The van der Waals surface area contributed by atoms with Gasteiger partial charge in [0.25, 0.3) is 0 Å². The van der Waals surface area contributed by atoms with Crippen molar-refractivity contribution in [3.8, 4) is 0 Å². The molecule has 0 atom stereocenters. The zero-order chi connectivity index (χ0) is 12.1. The average molecular weight is 310 g/mol. The van der Waals surface area contributed by atoms with E-state index < -0.39 is 0 Å². The number of hydrogen-bond donors (Lipinski definition) is 0. The van der Waals surface area contributed by atoms with Gasteiger partial charge in [-0.15, -0.1) is 11.3 Å². The molecular formula is C13H12BrNOS. The zero-order valence-corrected chi connectivity index (χ0v) is 11.6. The third-order valence-electron chi connectivity index (χ3n) is 2.46. The van der Waals surface area contributed by atoms with E-state index in [1.54, 1.807) is 17.5 Å². The van der Waals surface area contributed by atoms with Crippen molar-refractivity contribution in [2.45, 2.75) is 19.3 Å². The highest BCUT2D eigenvalue weighted by atomic mass is 79.9. The summed E-state index contributed by atoms with van der Waals surface area (Å²) < 4.78 is 1.04. The van der Waals surface area contributed by atoms with Gasteiger partial charge in [0.2, 0.25) is 0 Å².